The van der Waals surface area contributed by atoms with E-state index < -0.39 is 10.0 Å². The average Bonchev–Trinajstić information content (AvgIpc) is 3.08. The van der Waals surface area contributed by atoms with Gasteiger partial charge in [-0.05, 0) is 37.5 Å². The number of aryl methyl sites for hydroxylation is 1. The van der Waals surface area contributed by atoms with Crippen molar-refractivity contribution in [1.29, 1.82) is 0 Å². The number of benzene rings is 1. The molecule has 2 heterocycles. The lowest BCUT2D eigenvalue weighted by Crippen LogP contribution is -2.30. The van der Waals surface area contributed by atoms with Gasteiger partial charge in [-0.1, -0.05) is 41.4 Å². The quantitative estimate of drug-likeness (QED) is 0.837. The van der Waals surface area contributed by atoms with Gasteiger partial charge in [0.05, 0.1) is 10.4 Å². The summed E-state index contributed by atoms with van der Waals surface area (Å²) in [4.78, 5) is 0. The zero-order chi connectivity index (χ0) is 15.0. The minimum Gasteiger partial charge on any atom is -0.206 e. The number of nitrogens with zero attached hydrogens (tertiary/aromatic N) is 1. The lowest BCUT2D eigenvalue weighted by Gasteiger charge is -2.23. The number of halogens is 1. The number of hydrogen-bond donors (Lipinski definition) is 0. The van der Waals surface area contributed by atoms with E-state index in [1.807, 2.05) is 31.2 Å². The van der Waals surface area contributed by atoms with Gasteiger partial charge in [0.25, 0.3) is 10.0 Å². The van der Waals surface area contributed by atoms with E-state index in [1.165, 1.54) is 5.56 Å². The summed E-state index contributed by atoms with van der Waals surface area (Å²) in [6, 6.07) is 11.3. The molecule has 1 atom stereocenters. The molecule has 0 aliphatic carbocycles. The van der Waals surface area contributed by atoms with Crippen LogP contribution < -0.4 is 0 Å². The van der Waals surface area contributed by atoms with E-state index in [0.29, 0.717) is 15.1 Å². The number of rotatable bonds is 3. The first-order valence-corrected chi connectivity index (χ1v) is 9.46. The molecule has 6 heteroatoms. The summed E-state index contributed by atoms with van der Waals surface area (Å²) in [5, 5.41) is 0. The second-order valence-electron chi connectivity index (χ2n) is 5.24. The standard InChI is InChI=1S/C15H16ClNO2S2/c1-11-4-6-12(7-5-11)13-3-2-10-17(13)21(18,19)15-9-8-14(16)20-15/h4-9,13H,2-3,10H2,1H3. The first kappa shape index (κ1) is 15.0. The highest BCUT2D eigenvalue weighted by atomic mass is 35.5. The molecule has 1 aliphatic heterocycles. The van der Waals surface area contributed by atoms with Gasteiger partial charge in [-0.25, -0.2) is 8.42 Å². The highest BCUT2D eigenvalue weighted by Crippen LogP contribution is 2.38. The molecular weight excluding hydrogens is 326 g/mol. The van der Waals surface area contributed by atoms with Crippen molar-refractivity contribution < 1.29 is 8.42 Å². The van der Waals surface area contributed by atoms with E-state index >= 15 is 0 Å². The van der Waals surface area contributed by atoms with Crippen LogP contribution in [0.15, 0.2) is 40.6 Å². The molecule has 3 nitrogen and oxygen atoms in total. The predicted octanol–water partition coefficient (Wildman–Crippen LogP) is 4.24. The van der Waals surface area contributed by atoms with Crippen LogP contribution in [0, 0.1) is 6.92 Å². The first-order chi connectivity index (χ1) is 9.98. The van der Waals surface area contributed by atoms with Crippen molar-refractivity contribution in [1.82, 2.24) is 4.31 Å². The molecule has 112 valence electrons. The van der Waals surface area contributed by atoms with Gasteiger partial charge in [0.2, 0.25) is 0 Å². The van der Waals surface area contributed by atoms with Gasteiger partial charge < -0.3 is 0 Å². The molecule has 0 N–H and O–H groups in total. The molecule has 1 saturated heterocycles. The largest absolute Gasteiger partial charge is 0.253 e. The Labute approximate surface area is 134 Å². The first-order valence-electron chi connectivity index (χ1n) is 6.82. The maximum atomic E-state index is 12.8. The summed E-state index contributed by atoms with van der Waals surface area (Å²) in [7, 11) is -3.46. The van der Waals surface area contributed by atoms with Gasteiger partial charge in [0, 0.05) is 6.54 Å². The molecule has 1 aliphatic rings. The zero-order valence-electron chi connectivity index (χ0n) is 11.6. The monoisotopic (exact) mass is 341 g/mol. The summed E-state index contributed by atoms with van der Waals surface area (Å²) in [6.45, 7) is 2.59. The second-order valence-corrected chi connectivity index (χ2v) is 9.08. The number of hydrogen-bond acceptors (Lipinski definition) is 3. The van der Waals surface area contributed by atoms with E-state index in [-0.39, 0.29) is 6.04 Å². The van der Waals surface area contributed by atoms with Gasteiger partial charge in [-0.15, -0.1) is 11.3 Å². The molecule has 0 spiro atoms. The fourth-order valence-electron chi connectivity index (χ4n) is 2.70. The minimum absolute atomic E-state index is 0.0727. The van der Waals surface area contributed by atoms with E-state index in [9.17, 15) is 8.42 Å². The third-order valence-corrected chi connectivity index (χ3v) is 7.38. The van der Waals surface area contributed by atoms with Gasteiger partial charge in [-0.3, -0.25) is 0 Å². The smallest absolute Gasteiger partial charge is 0.206 e. The molecule has 1 aromatic carbocycles. The van der Waals surface area contributed by atoms with Crippen LogP contribution in [0.5, 0.6) is 0 Å². The van der Waals surface area contributed by atoms with Crippen molar-refractivity contribution >= 4 is 33.0 Å². The molecule has 3 rings (SSSR count). The molecule has 0 amide bonds. The van der Waals surface area contributed by atoms with Crippen LogP contribution in [0.1, 0.15) is 30.0 Å². The van der Waals surface area contributed by atoms with Gasteiger partial charge in [0.1, 0.15) is 4.21 Å². The summed E-state index contributed by atoms with van der Waals surface area (Å²) in [5.41, 5.74) is 2.24. The van der Waals surface area contributed by atoms with Crippen molar-refractivity contribution in [2.45, 2.75) is 30.0 Å². The van der Waals surface area contributed by atoms with E-state index in [4.69, 9.17) is 11.6 Å². The van der Waals surface area contributed by atoms with Gasteiger partial charge in [0.15, 0.2) is 0 Å². The predicted molar refractivity (Wildman–Crippen MR) is 86.4 cm³/mol. The third-order valence-electron chi connectivity index (χ3n) is 3.78. The van der Waals surface area contributed by atoms with Crippen LogP contribution in [0.2, 0.25) is 4.34 Å². The SMILES string of the molecule is Cc1ccc(C2CCCN2S(=O)(=O)c2ccc(Cl)s2)cc1. The molecule has 0 saturated carbocycles. The molecule has 1 unspecified atom stereocenters. The van der Waals surface area contributed by atoms with Crippen LogP contribution in [0.4, 0.5) is 0 Å². The normalized spacial score (nSPS) is 20.0. The Morgan fingerprint density at radius 1 is 1.19 bits per heavy atom. The van der Waals surface area contributed by atoms with E-state index in [2.05, 4.69) is 0 Å². The Bertz CT molecular complexity index is 737. The Kier molecular flexibility index (Phi) is 4.10. The lowest BCUT2D eigenvalue weighted by molar-refractivity contribution is 0.398. The van der Waals surface area contributed by atoms with Crippen LogP contribution in [-0.4, -0.2) is 19.3 Å². The van der Waals surface area contributed by atoms with Crippen molar-refractivity contribution in [2.75, 3.05) is 6.54 Å². The van der Waals surface area contributed by atoms with Crippen molar-refractivity contribution in [3.63, 3.8) is 0 Å². The summed E-state index contributed by atoms with van der Waals surface area (Å²) in [5.74, 6) is 0. The highest BCUT2D eigenvalue weighted by Gasteiger charge is 2.36. The maximum absolute atomic E-state index is 12.8. The highest BCUT2D eigenvalue weighted by molar-refractivity contribution is 7.91. The third kappa shape index (κ3) is 2.88. The Hall–Kier alpha value is -0.880. The van der Waals surface area contributed by atoms with Crippen LogP contribution in [0.25, 0.3) is 0 Å². The summed E-state index contributed by atoms with van der Waals surface area (Å²) >= 11 is 7.00. The molecule has 1 aromatic heterocycles. The molecule has 21 heavy (non-hydrogen) atoms. The zero-order valence-corrected chi connectivity index (χ0v) is 14.0. The fourth-order valence-corrected chi connectivity index (χ4v) is 6.00. The van der Waals surface area contributed by atoms with Crippen LogP contribution >= 0.6 is 22.9 Å². The molecule has 2 aromatic rings. The maximum Gasteiger partial charge on any atom is 0.253 e. The summed E-state index contributed by atoms with van der Waals surface area (Å²) < 4.78 is 28.0. The Morgan fingerprint density at radius 2 is 1.90 bits per heavy atom. The Balaban J connectivity index is 1.95. The average molecular weight is 342 g/mol. The molecule has 1 fully saturated rings. The van der Waals surface area contributed by atoms with Gasteiger partial charge in [-0.2, -0.15) is 4.31 Å². The molecule has 0 bridgehead atoms. The van der Waals surface area contributed by atoms with Crippen molar-refractivity contribution in [3.05, 3.63) is 51.9 Å². The lowest BCUT2D eigenvalue weighted by atomic mass is 10.0. The minimum atomic E-state index is -3.46. The van der Waals surface area contributed by atoms with Crippen LogP contribution in [-0.2, 0) is 10.0 Å². The fraction of sp³-hybridized carbons (Fsp3) is 0.333. The Morgan fingerprint density at radius 3 is 2.52 bits per heavy atom. The molecular formula is C15H16ClNO2S2. The number of sulfonamides is 1. The van der Waals surface area contributed by atoms with E-state index in [0.717, 1.165) is 29.7 Å². The summed E-state index contributed by atoms with van der Waals surface area (Å²) in [6.07, 6.45) is 1.75. The topological polar surface area (TPSA) is 37.4 Å². The van der Waals surface area contributed by atoms with E-state index in [1.54, 1.807) is 16.4 Å². The van der Waals surface area contributed by atoms with Crippen LogP contribution in [0.3, 0.4) is 0 Å². The van der Waals surface area contributed by atoms with Crippen molar-refractivity contribution in [3.8, 4) is 0 Å². The number of thiophene rings is 1. The van der Waals surface area contributed by atoms with Gasteiger partial charge >= 0.3 is 0 Å². The van der Waals surface area contributed by atoms with Crippen molar-refractivity contribution in [2.24, 2.45) is 0 Å². The second kappa shape index (κ2) is 5.72. The molecule has 0 radical (unpaired) electrons.